The number of carbonyl (C=O) groups excluding carboxylic acids is 1. The smallest absolute Gasteiger partial charge is 0.326 e. The largest absolute Gasteiger partial charge is 0.468 e. The SMILES string of the molecule is COC(=O)C1(c2ccccc2)C(C#N)=C(N)Oc2c1c(C)nn2-c1cccc(Cl)c1. The Hall–Kier alpha value is -3.76. The molecule has 2 aromatic carbocycles. The van der Waals surface area contributed by atoms with Gasteiger partial charge < -0.3 is 15.2 Å². The maximum absolute atomic E-state index is 13.3. The summed E-state index contributed by atoms with van der Waals surface area (Å²) in [5.74, 6) is -0.630. The molecule has 1 aliphatic rings. The molecule has 2 N–H and O–H groups in total. The Bertz CT molecular complexity index is 1230. The molecule has 0 fully saturated rings. The number of hydrogen-bond acceptors (Lipinski definition) is 6. The Labute approximate surface area is 177 Å². The van der Waals surface area contributed by atoms with Crippen LogP contribution in [0.15, 0.2) is 66.1 Å². The van der Waals surface area contributed by atoms with Gasteiger partial charge in [-0.15, -0.1) is 0 Å². The molecule has 4 rings (SSSR count). The van der Waals surface area contributed by atoms with E-state index < -0.39 is 11.4 Å². The molecular formula is C22H17ClN4O3. The fourth-order valence-corrected chi connectivity index (χ4v) is 4.06. The second kappa shape index (κ2) is 7.25. The van der Waals surface area contributed by atoms with E-state index in [-0.39, 0.29) is 17.3 Å². The first-order valence-electron chi connectivity index (χ1n) is 9.03. The van der Waals surface area contributed by atoms with E-state index in [2.05, 4.69) is 11.2 Å². The van der Waals surface area contributed by atoms with Crippen molar-refractivity contribution in [1.82, 2.24) is 9.78 Å². The van der Waals surface area contributed by atoms with Gasteiger partial charge in [-0.1, -0.05) is 48.0 Å². The summed E-state index contributed by atoms with van der Waals surface area (Å²) in [7, 11) is 1.27. The number of nitrogens with zero attached hydrogens (tertiary/aromatic N) is 3. The van der Waals surface area contributed by atoms with Crippen molar-refractivity contribution in [3.63, 3.8) is 0 Å². The van der Waals surface area contributed by atoms with Crippen molar-refractivity contribution in [3.05, 3.63) is 87.9 Å². The van der Waals surface area contributed by atoms with Crippen LogP contribution in [0.4, 0.5) is 0 Å². The molecule has 1 unspecified atom stereocenters. The van der Waals surface area contributed by atoms with E-state index >= 15 is 0 Å². The number of fused-ring (bicyclic) bond motifs is 1. The van der Waals surface area contributed by atoms with Gasteiger partial charge in [0.25, 0.3) is 0 Å². The van der Waals surface area contributed by atoms with E-state index in [0.717, 1.165) is 0 Å². The van der Waals surface area contributed by atoms with Gasteiger partial charge in [0.15, 0.2) is 5.41 Å². The van der Waals surface area contributed by atoms with Crippen LogP contribution < -0.4 is 10.5 Å². The number of aromatic nitrogens is 2. The number of halogens is 1. The molecule has 7 nitrogen and oxygen atoms in total. The lowest BCUT2D eigenvalue weighted by Gasteiger charge is -2.35. The average Bonchev–Trinajstić information content (AvgIpc) is 3.09. The second-order valence-corrected chi connectivity index (χ2v) is 7.15. The summed E-state index contributed by atoms with van der Waals surface area (Å²) in [6.45, 7) is 1.74. The van der Waals surface area contributed by atoms with Crippen molar-refractivity contribution in [2.75, 3.05) is 7.11 Å². The number of aryl methyl sites for hydroxylation is 1. The van der Waals surface area contributed by atoms with Crippen LogP contribution >= 0.6 is 11.6 Å². The maximum Gasteiger partial charge on any atom is 0.326 e. The molecule has 1 aliphatic heterocycles. The molecule has 3 aromatic rings. The van der Waals surface area contributed by atoms with E-state index in [4.69, 9.17) is 26.8 Å². The van der Waals surface area contributed by atoms with Crippen LogP contribution in [0, 0.1) is 18.3 Å². The van der Waals surface area contributed by atoms with Crippen molar-refractivity contribution in [1.29, 1.82) is 5.26 Å². The number of hydrogen-bond donors (Lipinski definition) is 1. The molecular weight excluding hydrogens is 404 g/mol. The third kappa shape index (κ3) is 2.65. The Morgan fingerprint density at radius 3 is 2.63 bits per heavy atom. The summed E-state index contributed by atoms with van der Waals surface area (Å²) in [6, 6.07) is 17.9. The van der Waals surface area contributed by atoms with Crippen LogP contribution in [-0.2, 0) is 14.9 Å². The van der Waals surface area contributed by atoms with Crippen molar-refractivity contribution in [3.8, 4) is 17.6 Å². The number of ether oxygens (including phenoxy) is 2. The predicted molar refractivity (Wildman–Crippen MR) is 110 cm³/mol. The van der Waals surface area contributed by atoms with Crippen molar-refractivity contribution in [2.45, 2.75) is 12.3 Å². The van der Waals surface area contributed by atoms with E-state index in [1.807, 2.05) is 6.07 Å². The highest BCUT2D eigenvalue weighted by atomic mass is 35.5. The van der Waals surface area contributed by atoms with Crippen LogP contribution in [0.2, 0.25) is 5.02 Å². The molecule has 0 saturated heterocycles. The highest BCUT2D eigenvalue weighted by Gasteiger charge is 2.55. The lowest BCUT2D eigenvalue weighted by atomic mass is 9.68. The first-order valence-corrected chi connectivity index (χ1v) is 9.41. The first-order chi connectivity index (χ1) is 14.4. The zero-order valence-electron chi connectivity index (χ0n) is 16.2. The van der Waals surface area contributed by atoms with Gasteiger partial charge in [-0.25, -0.2) is 4.68 Å². The molecule has 1 aromatic heterocycles. The molecule has 0 radical (unpaired) electrons. The average molecular weight is 421 g/mol. The zero-order chi connectivity index (χ0) is 21.5. The number of esters is 1. The van der Waals surface area contributed by atoms with Crippen molar-refractivity contribution in [2.24, 2.45) is 5.73 Å². The molecule has 0 bridgehead atoms. The van der Waals surface area contributed by atoms with Gasteiger partial charge in [-0.2, -0.15) is 10.4 Å². The summed E-state index contributed by atoms with van der Waals surface area (Å²) in [5.41, 5.74) is 6.50. The summed E-state index contributed by atoms with van der Waals surface area (Å²) in [6.07, 6.45) is 0. The van der Waals surface area contributed by atoms with Gasteiger partial charge in [0, 0.05) is 5.02 Å². The number of carbonyl (C=O) groups is 1. The predicted octanol–water partition coefficient (Wildman–Crippen LogP) is 3.38. The quantitative estimate of drug-likeness (QED) is 0.651. The minimum absolute atomic E-state index is 0.0539. The van der Waals surface area contributed by atoms with Gasteiger partial charge in [0.2, 0.25) is 11.8 Å². The monoisotopic (exact) mass is 420 g/mol. The highest BCUT2D eigenvalue weighted by molar-refractivity contribution is 6.30. The maximum atomic E-state index is 13.3. The first kappa shape index (κ1) is 19.6. The number of methoxy groups -OCH3 is 1. The van der Waals surface area contributed by atoms with Gasteiger partial charge in [0.1, 0.15) is 11.6 Å². The molecule has 30 heavy (non-hydrogen) atoms. The topological polar surface area (TPSA) is 103 Å². The van der Waals surface area contributed by atoms with E-state index in [1.54, 1.807) is 55.5 Å². The Kier molecular flexibility index (Phi) is 4.72. The molecule has 8 heteroatoms. The summed E-state index contributed by atoms with van der Waals surface area (Å²) < 4.78 is 12.5. The standard InChI is InChI=1S/C22H17ClN4O3/c1-13-18-20(27(26-13)16-10-6-9-15(23)11-16)30-19(25)17(12-24)22(18,21(28)29-2)14-7-4-3-5-8-14/h3-11H,25H2,1-2H3. The Morgan fingerprint density at radius 2 is 2.00 bits per heavy atom. The molecule has 1 atom stereocenters. The Balaban J connectivity index is 2.13. The van der Waals surface area contributed by atoms with Crippen molar-refractivity contribution < 1.29 is 14.3 Å². The molecule has 0 saturated carbocycles. The van der Waals surface area contributed by atoms with Gasteiger partial charge in [-0.05, 0) is 30.7 Å². The normalized spacial score (nSPS) is 17.7. The molecule has 0 aliphatic carbocycles. The highest BCUT2D eigenvalue weighted by Crippen LogP contribution is 2.50. The fourth-order valence-electron chi connectivity index (χ4n) is 3.87. The zero-order valence-corrected chi connectivity index (χ0v) is 17.0. The summed E-state index contributed by atoms with van der Waals surface area (Å²) in [5, 5.41) is 15.0. The van der Waals surface area contributed by atoms with E-state index in [1.165, 1.54) is 11.8 Å². The van der Waals surface area contributed by atoms with Crippen molar-refractivity contribution >= 4 is 17.6 Å². The molecule has 150 valence electrons. The number of nitrogens with two attached hydrogens (primary N) is 1. The fraction of sp³-hybridized carbons (Fsp3) is 0.136. The molecule has 0 spiro atoms. The summed E-state index contributed by atoms with van der Waals surface area (Å²) in [4.78, 5) is 13.3. The van der Waals surface area contributed by atoms with E-state index in [9.17, 15) is 10.1 Å². The Morgan fingerprint density at radius 1 is 1.27 bits per heavy atom. The number of rotatable bonds is 3. The third-order valence-electron chi connectivity index (χ3n) is 5.08. The number of nitriles is 1. The lowest BCUT2D eigenvalue weighted by Crippen LogP contribution is -2.44. The van der Waals surface area contributed by atoms with Gasteiger partial charge in [-0.3, -0.25) is 4.79 Å². The van der Waals surface area contributed by atoms with Gasteiger partial charge in [0.05, 0.1) is 24.1 Å². The molecule has 2 heterocycles. The summed E-state index contributed by atoms with van der Waals surface area (Å²) >= 11 is 6.15. The van der Waals surface area contributed by atoms with Crippen LogP contribution in [0.5, 0.6) is 5.88 Å². The minimum atomic E-state index is -1.62. The number of benzene rings is 2. The third-order valence-corrected chi connectivity index (χ3v) is 5.32. The van der Waals surface area contributed by atoms with Gasteiger partial charge >= 0.3 is 5.97 Å². The molecule has 0 amide bonds. The minimum Gasteiger partial charge on any atom is -0.468 e. The van der Waals surface area contributed by atoms with Crippen LogP contribution in [0.25, 0.3) is 5.69 Å². The van der Waals surface area contributed by atoms with Crippen LogP contribution in [0.3, 0.4) is 0 Å². The van der Waals surface area contributed by atoms with Crippen LogP contribution in [-0.4, -0.2) is 22.9 Å². The van der Waals surface area contributed by atoms with E-state index in [0.29, 0.717) is 27.5 Å². The second-order valence-electron chi connectivity index (χ2n) is 6.72. The lowest BCUT2D eigenvalue weighted by molar-refractivity contribution is -0.144. The van der Waals surface area contributed by atoms with Crippen LogP contribution in [0.1, 0.15) is 16.8 Å².